The van der Waals surface area contributed by atoms with Crippen molar-refractivity contribution in [3.8, 4) is 0 Å². The van der Waals surface area contributed by atoms with Gasteiger partial charge in [0.1, 0.15) is 5.82 Å². The first-order chi connectivity index (χ1) is 8.08. The maximum Gasteiger partial charge on any atom is 0.224 e. The number of aryl methyl sites for hydroxylation is 1. The van der Waals surface area contributed by atoms with Gasteiger partial charge in [-0.05, 0) is 43.1 Å². The largest absolute Gasteiger partial charge is 0.340 e. The topological polar surface area (TPSA) is 37.8 Å². The molecule has 1 N–H and O–H groups in total. The Labute approximate surface area is 113 Å². The van der Waals surface area contributed by atoms with Crippen LogP contribution in [0, 0.1) is 13.8 Å². The van der Waals surface area contributed by atoms with Crippen molar-refractivity contribution < 1.29 is 0 Å². The van der Waals surface area contributed by atoms with Gasteiger partial charge in [0.25, 0.3) is 0 Å². The van der Waals surface area contributed by atoms with Gasteiger partial charge in [-0.1, -0.05) is 22.0 Å². The Morgan fingerprint density at radius 3 is 2.82 bits per heavy atom. The number of halogens is 2. The van der Waals surface area contributed by atoms with E-state index in [1.807, 2.05) is 32.0 Å². The summed E-state index contributed by atoms with van der Waals surface area (Å²) >= 11 is 9.28. The van der Waals surface area contributed by atoms with Crippen LogP contribution in [0.5, 0.6) is 0 Å². The SMILES string of the molecule is Cc1cnc(Cl)nc1Nc1cccc(Br)c1C. The first-order valence-corrected chi connectivity index (χ1v) is 6.26. The zero-order valence-corrected chi connectivity index (χ0v) is 11.8. The third kappa shape index (κ3) is 2.76. The number of hydrogen-bond donors (Lipinski definition) is 1. The number of nitrogens with zero attached hydrogens (tertiary/aromatic N) is 2. The van der Waals surface area contributed by atoms with Gasteiger partial charge in [-0.15, -0.1) is 0 Å². The highest BCUT2D eigenvalue weighted by Gasteiger charge is 2.06. The van der Waals surface area contributed by atoms with Gasteiger partial charge in [-0.25, -0.2) is 9.97 Å². The molecule has 0 aliphatic carbocycles. The van der Waals surface area contributed by atoms with Crippen LogP contribution in [0.15, 0.2) is 28.9 Å². The molecule has 2 aromatic rings. The maximum atomic E-state index is 5.78. The van der Waals surface area contributed by atoms with Gasteiger partial charge in [0.15, 0.2) is 0 Å². The highest BCUT2D eigenvalue weighted by atomic mass is 79.9. The molecule has 0 aliphatic heterocycles. The first-order valence-electron chi connectivity index (χ1n) is 5.09. The normalized spacial score (nSPS) is 10.4. The summed E-state index contributed by atoms with van der Waals surface area (Å²) in [4.78, 5) is 8.09. The predicted molar refractivity (Wildman–Crippen MR) is 73.9 cm³/mol. The summed E-state index contributed by atoms with van der Waals surface area (Å²) in [6.45, 7) is 3.97. The quantitative estimate of drug-likeness (QED) is 0.842. The summed E-state index contributed by atoms with van der Waals surface area (Å²) in [5, 5.41) is 3.50. The minimum Gasteiger partial charge on any atom is -0.340 e. The summed E-state index contributed by atoms with van der Waals surface area (Å²) in [5.74, 6) is 0.728. The Morgan fingerprint density at radius 2 is 2.06 bits per heavy atom. The van der Waals surface area contributed by atoms with Crippen molar-refractivity contribution in [2.45, 2.75) is 13.8 Å². The fourth-order valence-corrected chi connectivity index (χ4v) is 1.92. The zero-order chi connectivity index (χ0) is 12.4. The number of hydrogen-bond acceptors (Lipinski definition) is 3. The van der Waals surface area contributed by atoms with E-state index in [0.29, 0.717) is 0 Å². The van der Waals surface area contributed by atoms with Gasteiger partial charge in [-0.3, -0.25) is 0 Å². The monoisotopic (exact) mass is 311 g/mol. The number of aromatic nitrogens is 2. The smallest absolute Gasteiger partial charge is 0.224 e. The van der Waals surface area contributed by atoms with Crippen molar-refractivity contribution in [2.24, 2.45) is 0 Å². The van der Waals surface area contributed by atoms with E-state index in [-0.39, 0.29) is 5.28 Å². The Hall–Kier alpha value is -1.13. The van der Waals surface area contributed by atoms with Gasteiger partial charge in [0, 0.05) is 21.9 Å². The second-order valence-corrected chi connectivity index (χ2v) is 4.90. The molecule has 0 bridgehead atoms. The number of benzene rings is 1. The number of nitrogens with one attached hydrogen (secondary N) is 1. The molecule has 88 valence electrons. The number of rotatable bonds is 2. The van der Waals surface area contributed by atoms with Crippen molar-refractivity contribution in [3.63, 3.8) is 0 Å². The first kappa shape index (κ1) is 12.3. The molecule has 0 unspecified atom stereocenters. The van der Waals surface area contributed by atoms with Crippen molar-refractivity contribution in [3.05, 3.63) is 45.3 Å². The average Bonchev–Trinajstić information content (AvgIpc) is 2.30. The molecule has 0 amide bonds. The van der Waals surface area contributed by atoms with Crippen LogP contribution >= 0.6 is 27.5 Å². The molecule has 0 aliphatic rings. The third-order valence-electron chi connectivity index (χ3n) is 2.46. The molecule has 1 aromatic heterocycles. The van der Waals surface area contributed by atoms with Crippen molar-refractivity contribution in [1.29, 1.82) is 0 Å². The van der Waals surface area contributed by atoms with Gasteiger partial charge in [0.05, 0.1) is 0 Å². The minimum absolute atomic E-state index is 0.241. The van der Waals surface area contributed by atoms with Crippen LogP contribution < -0.4 is 5.32 Å². The van der Waals surface area contributed by atoms with Crippen LogP contribution in [-0.4, -0.2) is 9.97 Å². The van der Waals surface area contributed by atoms with E-state index in [4.69, 9.17) is 11.6 Å². The van der Waals surface area contributed by atoms with Crippen LogP contribution in [-0.2, 0) is 0 Å². The fraction of sp³-hybridized carbons (Fsp3) is 0.167. The molecule has 0 spiro atoms. The highest BCUT2D eigenvalue weighted by Crippen LogP contribution is 2.27. The van der Waals surface area contributed by atoms with E-state index >= 15 is 0 Å². The standard InChI is InChI=1S/C12H11BrClN3/c1-7-6-15-12(14)17-11(7)16-10-5-3-4-9(13)8(10)2/h3-6H,1-2H3,(H,15,16,17). The van der Waals surface area contributed by atoms with Crippen molar-refractivity contribution in [2.75, 3.05) is 5.32 Å². The Balaban J connectivity index is 2.38. The van der Waals surface area contributed by atoms with Crippen LogP contribution in [0.3, 0.4) is 0 Å². The molecule has 5 heteroatoms. The van der Waals surface area contributed by atoms with Gasteiger partial charge < -0.3 is 5.32 Å². The zero-order valence-electron chi connectivity index (χ0n) is 9.46. The molecule has 0 saturated heterocycles. The Morgan fingerprint density at radius 1 is 1.29 bits per heavy atom. The summed E-state index contributed by atoms with van der Waals surface area (Å²) in [6, 6.07) is 5.97. The number of anilines is 2. The van der Waals surface area contributed by atoms with E-state index in [0.717, 1.165) is 27.1 Å². The lowest BCUT2D eigenvalue weighted by Gasteiger charge is -2.11. The maximum absolute atomic E-state index is 5.78. The molecule has 1 heterocycles. The molecule has 0 saturated carbocycles. The molecule has 0 atom stereocenters. The van der Waals surface area contributed by atoms with Crippen LogP contribution in [0.2, 0.25) is 5.28 Å². The Bertz CT molecular complexity index is 557. The van der Waals surface area contributed by atoms with Crippen LogP contribution in [0.1, 0.15) is 11.1 Å². The van der Waals surface area contributed by atoms with Gasteiger partial charge in [0.2, 0.25) is 5.28 Å². The predicted octanol–water partition coefficient (Wildman–Crippen LogP) is 4.25. The van der Waals surface area contributed by atoms with E-state index < -0.39 is 0 Å². The lowest BCUT2D eigenvalue weighted by Crippen LogP contribution is -1.99. The fourth-order valence-electron chi connectivity index (χ4n) is 1.42. The van der Waals surface area contributed by atoms with Crippen molar-refractivity contribution in [1.82, 2.24) is 9.97 Å². The molecular weight excluding hydrogens is 302 g/mol. The molecule has 1 aromatic carbocycles. The molecule has 17 heavy (non-hydrogen) atoms. The molecule has 0 fully saturated rings. The average molecular weight is 313 g/mol. The second kappa shape index (κ2) is 5.02. The summed E-state index contributed by atoms with van der Waals surface area (Å²) in [5.41, 5.74) is 3.08. The van der Waals surface area contributed by atoms with Gasteiger partial charge >= 0.3 is 0 Å². The van der Waals surface area contributed by atoms with Crippen molar-refractivity contribution >= 4 is 39.0 Å². The van der Waals surface area contributed by atoms with E-state index in [1.54, 1.807) is 6.20 Å². The molecule has 3 nitrogen and oxygen atoms in total. The van der Waals surface area contributed by atoms with E-state index in [1.165, 1.54) is 0 Å². The van der Waals surface area contributed by atoms with Gasteiger partial charge in [-0.2, -0.15) is 0 Å². The van der Waals surface area contributed by atoms with Crippen LogP contribution in [0.4, 0.5) is 11.5 Å². The Kier molecular flexibility index (Phi) is 3.64. The molecule has 0 radical (unpaired) electrons. The summed E-state index contributed by atoms with van der Waals surface area (Å²) < 4.78 is 1.06. The summed E-state index contributed by atoms with van der Waals surface area (Å²) in [6.07, 6.45) is 1.70. The highest BCUT2D eigenvalue weighted by molar-refractivity contribution is 9.10. The molecule has 2 rings (SSSR count). The molecular formula is C12H11BrClN3. The minimum atomic E-state index is 0.241. The lowest BCUT2D eigenvalue weighted by atomic mass is 10.2. The lowest BCUT2D eigenvalue weighted by molar-refractivity contribution is 1.13. The van der Waals surface area contributed by atoms with E-state index in [2.05, 4.69) is 31.2 Å². The van der Waals surface area contributed by atoms with Crippen LogP contribution in [0.25, 0.3) is 0 Å². The second-order valence-electron chi connectivity index (χ2n) is 3.71. The third-order valence-corrected chi connectivity index (χ3v) is 3.50. The summed E-state index contributed by atoms with van der Waals surface area (Å²) in [7, 11) is 0. The van der Waals surface area contributed by atoms with E-state index in [9.17, 15) is 0 Å².